The van der Waals surface area contributed by atoms with E-state index >= 15 is 0 Å². The molecule has 2 nitrogen and oxygen atoms in total. The minimum atomic E-state index is 0.102. The van der Waals surface area contributed by atoms with E-state index in [9.17, 15) is 4.79 Å². The summed E-state index contributed by atoms with van der Waals surface area (Å²) in [5, 5.41) is 0. The van der Waals surface area contributed by atoms with E-state index in [1.54, 1.807) is 7.11 Å². The number of benzene rings is 2. The molecule has 0 unspecified atom stereocenters. The maximum absolute atomic E-state index is 13.3. The van der Waals surface area contributed by atoms with Crippen molar-refractivity contribution in [2.24, 2.45) is 0 Å². The van der Waals surface area contributed by atoms with Crippen LogP contribution in [0.15, 0.2) is 36.4 Å². The van der Waals surface area contributed by atoms with E-state index in [-0.39, 0.29) is 5.78 Å². The minimum Gasteiger partial charge on any atom is -0.497 e. The lowest BCUT2D eigenvalue weighted by Crippen LogP contribution is -2.13. The molecule has 0 saturated heterocycles. The van der Waals surface area contributed by atoms with Crippen molar-refractivity contribution in [2.45, 2.75) is 59.3 Å². The van der Waals surface area contributed by atoms with Crippen LogP contribution in [-0.4, -0.2) is 12.9 Å². The van der Waals surface area contributed by atoms with Crippen LogP contribution in [0.4, 0.5) is 0 Å². The summed E-state index contributed by atoms with van der Waals surface area (Å²) >= 11 is 0. The number of hydrogen-bond acceptors (Lipinski definition) is 2. The van der Waals surface area contributed by atoms with Gasteiger partial charge in [-0.05, 0) is 58.7 Å². The predicted molar refractivity (Wildman–Crippen MR) is 105 cm³/mol. The summed E-state index contributed by atoms with van der Waals surface area (Å²) in [6.45, 7) is 13.1. The summed E-state index contributed by atoms with van der Waals surface area (Å²) in [7, 11) is 1.63. The number of hydrogen-bond donors (Lipinski definition) is 0. The molecule has 2 rings (SSSR count). The number of ketones is 1. The van der Waals surface area contributed by atoms with Crippen molar-refractivity contribution < 1.29 is 9.53 Å². The van der Waals surface area contributed by atoms with Gasteiger partial charge in [0.05, 0.1) is 7.11 Å². The highest BCUT2D eigenvalue weighted by atomic mass is 16.5. The van der Waals surface area contributed by atoms with Gasteiger partial charge < -0.3 is 4.74 Å². The van der Waals surface area contributed by atoms with Gasteiger partial charge in [0.25, 0.3) is 0 Å². The van der Waals surface area contributed by atoms with Crippen molar-refractivity contribution >= 4 is 5.78 Å². The second-order valence-corrected chi connectivity index (χ2v) is 7.60. The highest BCUT2D eigenvalue weighted by molar-refractivity contribution is 6.11. The minimum absolute atomic E-state index is 0.102. The Morgan fingerprint density at radius 3 is 1.64 bits per heavy atom. The van der Waals surface area contributed by atoms with E-state index in [4.69, 9.17) is 4.74 Å². The summed E-state index contributed by atoms with van der Waals surface area (Å²) < 4.78 is 5.21. The zero-order valence-corrected chi connectivity index (χ0v) is 16.5. The smallest absolute Gasteiger partial charge is 0.193 e. The monoisotopic (exact) mass is 338 g/mol. The van der Waals surface area contributed by atoms with Gasteiger partial charge in [-0.3, -0.25) is 4.79 Å². The molecule has 134 valence electrons. The molecule has 0 bridgehead atoms. The highest BCUT2D eigenvalue weighted by Gasteiger charge is 2.23. The number of methoxy groups -OCH3 is 1. The molecule has 25 heavy (non-hydrogen) atoms. The second kappa shape index (κ2) is 7.86. The maximum atomic E-state index is 13.3. The number of carbonyl (C=O) groups is 1. The number of ether oxygens (including phenoxy) is 1. The van der Waals surface area contributed by atoms with Gasteiger partial charge in [0.2, 0.25) is 0 Å². The van der Waals surface area contributed by atoms with Gasteiger partial charge in [-0.1, -0.05) is 53.7 Å². The van der Waals surface area contributed by atoms with Crippen molar-refractivity contribution in [1.82, 2.24) is 0 Å². The molecule has 0 atom stereocenters. The summed E-state index contributed by atoms with van der Waals surface area (Å²) in [6.07, 6.45) is 0. The number of carbonyl (C=O) groups excluding carboxylic acids is 1. The summed E-state index contributed by atoms with van der Waals surface area (Å²) in [5.41, 5.74) is 5.19. The van der Waals surface area contributed by atoms with Crippen LogP contribution in [0.25, 0.3) is 0 Å². The third-order valence-electron chi connectivity index (χ3n) is 4.71. The molecule has 0 saturated carbocycles. The van der Waals surface area contributed by atoms with Crippen molar-refractivity contribution in [3.63, 3.8) is 0 Å². The van der Waals surface area contributed by atoms with Crippen molar-refractivity contribution in [1.29, 1.82) is 0 Å². The largest absolute Gasteiger partial charge is 0.497 e. The average Bonchev–Trinajstić information content (AvgIpc) is 2.59. The predicted octanol–water partition coefficient (Wildman–Crippen LogP) is 6.30. The lowest BCUT2D eigenvalue weighted by molar-refractivity contribution is 0.103. The molecule has 0 fully saturated rings. The van der Waals surface area contributed by atoms with Crippen LogP contribution in [0, 0.1) is 0 Å². The summed E-state index contributed by atoms with van der Waals surface area (Å²) in [5.74, 6) is 1.91. The highest BCUT2D eigenvalue weighted by Crippen LogP contribution is 2.33. The van der Waals surface area contributed by atoms with Crippen LogP contribution in [0.2, 0.25) is 0 Å². The third-order valence-corrected chi connectivity index (χ3v) is 4.71. The molecular weight excluding hydrogens is 308 g/mol. The molecule has 2 aromatic rings. The van der Waals surface area contributed by atoms with E-state index < -0.39 is 0 Å². The van der Waals surface area contributed by atoms with Gasteiger partial charge in [0, 0.05) is 11.1 Å². The third kappa shape index (κ3) is 4.12. The lowest BCUT2D eigenvalue weighted by Gasteiger charge is -2.22. The first-order valence-corrected chi connectivity index (χ1v) is 9.12. The van der Waals surface area contributed by atoms with Crippen LogP contribution in [0.1, 0.15) is 91.9 Å². The fourth-order valence-electron chi connectivity index (χ4n) is 3.10. The maximum Gasteiger partial charge on any atom is 0.193 e. The molecule has 0 spiro atoms. The Kier molecular flexibility index (Phi) is 6.05. The SMILES string of the molecule is COc1ccc(C(=O)c2c(C(C)C)cc(C(C)C)cc2C(C)C)cc1. The summed E-state index contributed by atoms with van der Waals surface area (Å²) in [6, 6.07) is 11.8. The van der Waals surface area contributed by atoms with Gasteiger partial charge >= 0.3 is 0 Å². The van der Waals surface area contributed by atoms with Crippen LogP contribution in [-0.2, 0) is 0 Å². The molecule has 0 aliphatic heterocycles. The molecular formula is C23H30O2. The molecule has 2 aromatic carbocycles. The van der Waals surface area contributed by atoms with E-state index in [2.05, 4.69) is 53.7 Å². The fourth-order valence-corrected chi connectivity index (χ4v) is 3.10. The Hall–Kier alpha value is -2.09. The molecule has 0 heterocycles. The van der Waals surface area contributed by atoms with Gasteiger partial charge in [0.1, 0.15) is 5.75 Å². The topological polar surface area (TPSA) is 26.3 Å². The Bertz CT molecular complexity index is 708. The zero-order valence-electron chi connectivity index (χ0n) is 16.5. The van der Waals surface area contributed by atoms with Crippen LogP contribution < -0.4 is 4.74 Å². The summed E-state index contributed by atoms with van der Waals surface area (Å²) in [4.78, 5) is 13.3. The normalized spacial score (nSPS) is 11.4. The standard InChI is InChI=1S/C23H30O2/c1-14(2)18-12-20(15(3)4)22(21(13-18)16(5)6)23(24)17-8-10-19(25-7)11-9-17/h8-16H,1-7H3. The molecule has 0 aliphatic rings. The first-order valence-electron chi connectivity index (χ1n) is 9.12. The van der Waals surface area contributed by atoms with Gasteiger partial charge in [-0.2, -0.15) is 0 Å². The number of rotatable bonds is 6. The van der Waals surface area contributed by atoms with Crippen LogP contribution in [0.5, 0.6) is 5.75 Å². The molecule has 0 aliphatic carbocycles. The van der Waals surface area contributed by atoms with E-state index in [0.29, 0.717) is 23.3 Å². The van der Waals surface area contributed by atoms with E-state index in [0.717, 1.165) is 22.4 Å². The Morgan fingerprint density at radius 2 is 1.28 bits per heavy atom. The quantitative estimate of drug-likeness (QED) is 0.578. The van der Waals surface area contributed by atoms with Gasteiger partial charge in [-0.15, -0.1) is 0 Å². The van der Waals surface area contributed by atoms with Crippen molar-refractivity contribution in [3.8, 4) is 5.75 Å². The average molecular weight is 338 g/mol. The van der Waals surface area contributed by atoms with Crippen LogP contribution in [0.3, 0.4) is 0 Å². The molecule has 0 N–H and O–H groups in total. The first kappa shape index (κ1) is 19.2. The molecule has 0 amide bonds. The molecule has 0 aromatic heterocycles. The Balaban J connectivity index is 2.65. The lowest BCUT2D eigenvalue weighted by atomic mass is 9.81. The zero-order chi connectivity index (χ0) is 18.7. The van der Waals surface area contributed by atoms with Gasteiger partial charge in [-0.25, -0.2) is 0 Å². The van der Waals surface area contributed by atoms with Crippen molar-refractivity contribution in [2.75, 3.05) is 7.11 Å². The van der Waals surface area contributed by atoms with E-state index in [1.807, 2.05) is 24.3 Å². The van der Waals surface area contributed by atoms with Gasteiger partial charge in [0.15, 0.2) is 5.78 Å². The Labute approximate surface area is 152 Å². The molecule has 0 radical (unpaired) electrons. The Morgan fingerprint density at radius 1 is 0.800 bits per heavy atom. The van der Waals surface area contributed by atoms with Crippen molar-refractivity contribution in [3.05, 3.63) is 64.2 Å². The fraction of sp³-hybridized carbons (Fsp3) is 0.435. The van der Waals surface area contributed by atoms with Crippen LogP contribution >= 0.6 is 0 Å². The first-order chi connectivity index (χ1) is 11.8. The van der Waals surface area contributed by atoms with E-state index in [1.165, 1.54) is 5.56 Å². The second-order valence-electron chi connectivity index (χ2n) is 7.60. The molecule has 2 heteroatoms.